The average molecular weight is 289 g/mol. The summed E-state index contributed by atoms with van der Waals surface area (Å²) in [6.45, 7) is 0.822. The molecule has 114 valence electrons. The number of carbonyl (C=O) groups excluding carboxylic acids is 1. The van der Waals surface area contributed by atoms with Crippen molar-refractivity contribution >= 4 is 11.7 Å². The largest absolute Gasteiger partial charge is 0.462 e. The summed E-state index contributed by atoms with van der Waals surface area (Å²) < 4.78 is 11.2. The van der Waals surface area contributed by atoms with Crippen molar-refractivity contribution in [1.82, 2.24) is 0 Å². The normalized spacial score (nSPS) is 28.3. The third-order valence-electron chi connectivity index (χ3n) is 4.56. The first-order chi connectivity index (χ1) is 10.3. The monoisotopic (exact) mass is 289 g/mol. The van der Waals surface area contributed by atoms with E-state index in [1.807, 2.05) is 24.3 Å². The molecule has 1 heterocycles. The zero-order chi connectivity index (χ0) is 14.7. The van der Waals surface area contributed by atoms with Crippen LogP contribution in [-0.2, 0) is 14.3 Å². The zero-order valence-electron chi connectivity index (χ0n) is 12.5. The Bertz CT molecular complexity index is 503. The molecule has 1 aliphatic heterocycles. The van der Waals surface area contributed by atoms with Crippen LogP contribution in [0.25, 0.3) is 0 Å². The van der Waals surface area contributed by atoms with Crippen molar-refractivity contribution in [3.05, 3.63) is 29.8 Å². The van der Waals surface area contributed by atoms with Gasteiger partial charge in [-0.3, -0.25) is 4.79 Å². The van der Waals surface area contributed by atoms with E-state index in [1.165, 1.54) is 0 Å². The first-order valence-electron chi connectivity index (χ1n) is 7.84. The van der Waals surface area contributed by atoms with E-state index >= 15 is 0 Å². The molecule has 0 aromatic heterocycles. The number of hydrogen-bond donors (Lipinski definition) is 1. The highest BCUT2D eigenvalue weighted by Crippen LogP contribution is 2.33. The second-order valence-corrected chi connectivity index (χ2v) is 5.94. The lowest BCUT2D eigenvalue weighted by Crippen LogP contribution is -2.32. The molecule has 4 heteroatoms. The molecular formula is C17H23NO3. The minimum absolute atomic E-state index is 0.0123. The lowest BCUT2D eigenvalue weighted by atomic mass is 9.90. The molecule has 3 unspecified atom stereocenters. The number of hydrogen-bond acceptors (Lipinski definition) is 4. The molecule has 2 aliphatic rings. The number of benzene rings is 1. The minimum Gasteiger partial charge on any atom is -0.462 e. The summed E-state index contributed by atoms with van der Waals surface area (Å²) in [5.41, 5.74) is 2.12. The predicted octanol–water partition coefficient (Wildman–Crippen LogP) is 3.09. The van der Waals surface area contributed by atoms with E-state index in [0.717, 1.165) is 49.9 Å². The Morgan fingerprint density at radius 3 is 2.86 bits per heavy atom. The van der Waals surface area contributed by atoms with Crippen LogP contribution in [0.4, 0.5) is 5.69 Å². The van der Waals surface area contributed by atoms with Gasteiger partial charge in [-0.1, -0.05) is 18.2 Å². The highest BCUT2D eigenvalue weighted by Gasteiger charge is 2.31. The van der Waals surface area contributed by atoms with Crippen molar-refractivity contribution in [2.75, 3.05) is 19.0 Å². The van der Waals surface area contributed by atoms with Gasteiger partial charge in [-0.2, -0.15) is 0 Å². The van der Waals surface area contributed by atoms with E-state index in [2.05, 4.69) is 5.32 Å². The van der Waals surface area contributed by atoms with Gasteiger partial charge in [0.2, 0.25) is 0 Å². The van der Waals surface area contributed by atoms with Gasteiger partial charge >= 0.3 is 5.97 Å². The van der Waals surface area contributed by atoms with Crippen molar-refractivity contribution in [3.63, 3.8) is 0 Å². The molecule has 0 amide bonds. The molecule has 0 spiro atoms. The highest BCUT2D eigenvalue weighted by atomic mass is 16.5. The molecule has 1 aromatic carbocycles. The lowest BCUT2D eigenvalue weighted by Gasteiger charge is -2.31. The van der Waals surface area contributed by atoms with Gasteiger partial charge < -0.3 is 14.8 Å². The molecule has 1 saturated carbocycles. The molecule has 3 atom stereocenters. The van der Waals surface area contributed by atoms with Crippen LogP contribution in [0.5, 0.6) is 0 Å². The van der Waals surface area contributed by atoms with Crippen LogP contribution in [-0.4, -0.2) is 31.8 Å². The van der Waals surface area contributed by atoms with Crippen molar-refractivity contribution in [2.45, 2.75) is 50.2 Å². The summed E-state index contributed by atoms with van der Waals surface area (Å²) in [5.74, 6) is -0.212. The molecule has 1 fully saturated rings. The number of ether oxygens (including phenoxy) is 2. The van der Waals surface area contributed by atoms with E-state index in [4.69, 9.17) is 9.47 Å². The second-order valence-electron chi connectivity index (χ2n) is 5.94. The minimum atomic E-state index is -0.134. The Labute approximate surface area is 125 Å². The van der Waals surface area contributed by atoms with E-state index < -0.39 is 0 Å². The molecule has 0 bridgehead atoms. The summed E-state index contributed by atoms with van der Waals surface area (Å²) in [5, 5.41) is 3.34. The molecule has 0 radical (unpaired) electrons. The van der Waals surface area contributed by atoms with Gasteiger partial charge in [0.25, 0.3) is 0 Å². The zero-order valence-corrected chi connectivity index (χ0v) is 12.5. The third kappa shape index (κ3) is 3.21. The molecule has 1 N–H and O–H groups in total. The fraction of sp³-hybridized carbons (Fsp3) is 0.588. The summed E-state index contributed by atoms with van der Waals surface area (Å²) in [6.07, 6.45) is 4.97. The number of carbonyl (C=O) groups is 1. The standard InChI is InChI=1S/C17H23NO3/c1-20-12-5-4-6-13(11-12)21-17(19)15-9-10-18-16-8-3-2-7-14(15)16/h2-3,7-8,12-13,15,18H,4-6,9-11H2,1H3. The van der Waals surface area contributed by atoms with Crippen LogP contribution >= 0.6 is 0 Å². The maximum absolute atomic E-state index is 12.5. The van der Waals surface area contributed by atoms with Crippen LogP contribution in [0, 0.1) is 0 Å². The van der Waals surface area contributed by atoms with E-state index in [-0.39, 0.29) is 24.1 Å². The van der Waals surface area contributed by atoms with Gasteiger partial charge in [-0.15, -0.1) is 0 Å². The van der Waals surface area contributed by atoms with Gasteiger partial charge in [0.05, 0.1) is 12.0 Å². The fourth-order valence-corrected chi connectivity index (χ4v) is 3.38. The molecule has 1 aliphatic carbocycles. The quantitative estimate of drug-likeness (QED) is 0.869. The average Bonchev–Trinajstić information content (AvgIpc) is 2.54. The van der Waals surface area contributed by atoms with Crippen molar-refractivity contribution < 1.29 is 14.3 Å². The van der Waals surface area contributed by atoms with Crippen LogP contribution in [0.3, 0.4) is 0 Å². The van der Waals surface area contributed by atoms with Gasteiger partial charge in [-0.25, -0.2) is 0 Å². The number of fused-ring (bicyclic) bond motifs is 1. The highest BCUT2D eigenvalue weighted by molar-refractivity contribution is 5.81. The van der Waals surface area contributed by atoms with Crippen molar-refractivity contribution in [2.24, 2.45) is 0 Å². The van der Waals surface area contributed by atoms with Crippen LogP contribution in [0.15, 0.2) is 24.3 Å². The Morgan fingerprint density at radius 2 is 2.00 bits per heavy atom. The molecule has 4 nitrogen and oxygen atoms in total. The van der Waals surface area contributed by atoms with E-state index in [0.29, 0.717) is 0 Å². The molecule has 21 heavy (non-hydrogen) atoms. The van der Waals surface area contributed by atoms with Gasteiger partial charge in [-0.05, 0) is 37.3 Å². The first-order valence-corrected chi connectivity index (χ1v) is 7.84. The van der Waals surface area contributed by atoms with Crippen molar-refractivity contribution in [1.29, 1.82) is 0 Å². The summed E-state index contributed by atoms with van der Waals surface area (Å²) in [7, 11) is 1.73. The van der Waals surface area contributed by atoms with Gasteiger partial charge in [0.15, 0.2) is 0 Å². The number of anilines is 1. The summed E-state index contributed by atoms with van der Waals surface area (Å²) in [4.78, 5) is 12.5. The second kappa shape index (κ2) is 6.48. The van der Waals surface area contributed by atoms with Crippen LogP contribution in [0.1, 0.15) is 43.6 Å². The fourth-order valence-electron chi connectivity index (χ4n) is 3.38. The lowest BCUT2D eigenvalue weighted by molar-refractivity contribution is -0.154. The Kier molecular flexibility index (Phi) is 4.44. The topological polar surface area (TPSA) is 47.6 Å². The number of nitrogens with one attached hydrogen (secondary N) is 1. The van der Waals surface area contributed by atoms with Crippen LogP contribution in [0.2, 0.25) is 0 Å². The Morgan fingerprint density at radius 1 is 1.19 bits per heavy atom. The van der Waals surface area contributed by atoms with E-state index in [1.54, 1.807) is 7.11 Å². The maximum atomic E-state index is 12.5. The Balaban J connectivity index is 1.66. The number of para-hydroxylation sites is 1. The number of esters is 1. The van der Waals surface area contributed by atoms with Crippen LogP contribution < -0.4 is 5.32 Å². The maximum Gasteiger partial charge on any atom is 0.313 e. The van der Waals surface area contributed by atoms with Crippen molar-refractivity contribution in [3.8, 4) is 0 Å². The number of rotatable bonds is 3. The van der Waals surface area contributed by atoms with E-state index in [9.17, 15) is 4.79 Å². The summed E-state index contributed by atoms with van der Waals surface area (Å²) in [6, 6.07) is 8.01. The molecular weight excluding hydrogens is 266 g/mol. The smallest absolute Gasteiger partial charge is 0.313 e. The molecule has 3 rings (SSSR count). The summed E-state index contributed by atoms with van der Waals surface area (Å²) >= 11 is 0. The Hall–Kier alpha value is -1.55. The third-order valence-corrected chi connectivity index (χ3v) is 4.56. The first kappa shape index (κ1) is 14.4. The van der Waals surface area contributed by atoms with Gasteiger partial charge in [0.1, 0.15) is 6.10 Å². The molecule has 1 aromatic rings. The number of methoxy groups -OCH3 is 1. The molecule has 0 saturated heterocycles. The van der Waals surface area contributed by atoms with Gasteiger partial charge in [0, 0.05) is 25.8 Å². The SMILES string of the molecule is COC1CCCC(OC(=O)C2CCNc3ccccc32)C1. The predicted molar refractivity (Wildman–Crippen MR) is 81.4 cm³/mol.